The zero-order valence-electron chi connectivity index (χ0n) is 13.5. The van der Waals surface area contributed by atoms with Crippen LogP contribution in [-0.4, -0.2) is 32.8 Å². The molecular weight excluding hydrogens is 393 g/mol. The van der Waals surface area contributed by atoms with E-state index < -0.39 is 0 Å². The summed E-state index contributed by atoms with van der Waals surface area (Å²) in [6, 6.07) is 6.57. The van der Waals surface area contributed by atoms with E-state index in [1.54, 1.807) is 14.2 Å². The van der Waals surface area contributed by atoms with Crippen LogP contribution in [0.2, 0.25) is 0 Å². The van der Waals surface area contributed by atoms with Crippen LogP contribution in [0.4, 0.5) is 0 Å². The monoisotopic (exact) mass is 419 g/mol. The number of aliphatic imine (C=N–C) groups is 1. The maximum atomic E-state index is 5.84. The van der Waals surface area contributed by atoms with Gasteiger partial charge in [-0.2, -0.15) is 0 Å². The molecule has 1 aromatic rings. The van der Waals surface area contributed by atoms with Gasteiger partial charge in [0, 0.05) is 12.6 Å². The second kappa shape index (κ2) is 9.07. The van der Waals surface area contributed by atoms with Crippen molar-refractivity contribution in [2.75, 3.05) is 20.8 Å². The minimum Gasteiger partial charge on any atom is -0.493 e. The van der Waals surface area contributed by atoms with Crippen molar-refractivity contribution in [1.82, 2.24) is 5.32 Å². The maximum absolute atomic E-state index is 5.84. The van der Waals surface area contributed by atoms with Gasteiger partial charge in [-0.15, -0.1) is 24.0 Å². The molecule has 0 bridgehead atoms. The summed E-state index contributed by atoms with van der Waals surface area (Å²) < 4.78 is 10.6. The van der Waals surface area contributed by atoms with E-state index in [0.717, 1.165) is 24.5 Å². The zero-order chi connectivity index (χ0) is 15.2. The summed E-state index contributed by atoms with van der Waals surface area (Å²) in [5, 5.41) is 3.20. The number of methoxy groups -OCH3 is 2. The first-order chi connectivity index (χ1) is 10.1. The van der Waals surface area contributed by atoms with Crippen LogP contribution in [-0.2, 0) is 6.42 Å². The lowest BCUT2D eigenvalue weighted by Crippen LogP contribution is -2.33. The van der Waals surface area contributed by atoms with Crippen molar-refractivity contribution >= 4 is 29.9 Å². The van der Waals surface area contributed by atoms with Crippen molar-refractivity contribution in [1.29, 1.82) is 0 Å². The summed E-state index contributed by atoms with van der Waals surface area (Å²) in [5.41, 5.74) is 7.05. The van der Waals surface area contributed by atoms with Crippen molar-refractivity contribution in [2.24, 2.45) is 16.6 Å². The fourth-order valence-corrected chi connectivity index (χ4v) is 2.21. The third-order valence-electron chi connectivity index (χ3n) is 3.53. The molecule has 1 atom stereocenters. The van der Waals surface area contributed by atoms with Crippen molar-refractivity contribution in [3.63, 3.8) is 0 Å². The molecule has 1 unspecified atom stereocenters. The molecule has 2 rings (SSSR count). The first-order valence-electron chi connectivity index (χ1n) is 7.39. The molecule has 1 fully saturated rings. The number of nitrogens with zero attached hydrogens (tertiary/aromatic N) is 1. The highest BCUT2D eigenvalue weighted by Gasteiger charge is 2.21. The predicted octanol–water partition coefficient (Wildman–Crippen LogP) is 2.57. The van der Waals surface area contributed by atoms with Gasteiger partial charge in [0.2, 0.25) is 0 Å². The normalized spacial score (nSPS) is 15.7. The molecule has 0 aliphatic heterocycles. The summed E-state index contributed by atoms with van der Waals surface area (Å²) in [5.74, 6) is 2.50. The van der Waals surface area contributed by atoms with Crippen LogP contribution >= 0.6 is 24.0 Å². The van der Waals surface area contributed by atoms with E-state index in [1.165, 1.54) is 18.4 Å². The average molecular weight is 419 g/mol. The minimum absolute atomic E-state index is 0. The van der Waals surface area contributed by atoms with Gasteiger partial charge in [-0.05, 0) is 42.9 Å². The van der Waals surface area contributed by atoms with E-state index in [0.29, 0.717) is 17.9 Å². The van der Waals surface area contributed by atoms with Gasteiger partial charge in [-0.3, -0.25) is 4.99 Å². The number of halogens is 1. The molecule has 1 saturated carbocycles. The van der Waals surface area contributed by atoms with Gasteiger partial charge in [0.25, 0.3) is 0 Å². The van der Waals surface area contributed by atoms with Crippen LogP contribution < -0.4 is 20.5 Å². The Labute approximate surface area is 149 Å². The van der Waals surface area contributed by atoms with Crippen LogP contribution in [0.15, 0.2) is 23.2 Å². The number of nitrogens with one attached hydrogen (secondary N) is 1. The highest BCUT2D eigenvalue weighted by atomic mass is 127. The van der Waals surface area contributed by atoms with Gasteiger partial charge in [0.15, 0.2) is 17.5 Å². The number of guanidine groups is 1. The van der Waals surface area contributed by atoms with Crippen molar-refractivity contribution in [2.45, 2.75) is 32.2 Å². The molecule has 0 radical (unpaired) electrons. The number of rotatable bonds is 7. The van der Waals surface area contributed by atoms with E-state index in [4.69, 9.17) is 15.2 Å². The fraction of sp³-hybridized carbons (Fsp3) is 0.562. The molecule has 6 heteroatoms. The van der Waals surface area contributed by atoms with Gasteiger partial charge < -0.3 is 20.5 Å². The average Bonchev–Trinajstić information content (AvgIpc) is 3.29. The van der Waals surface area contributed by atoms with Crippen LogP contribution in [0, 0.1) is 5.92 Å². The first-order valence-corrected chi connectivity index (χ1v) is 7.39. The number of hydrogen-bond donors (Lipinski definition) is 2. The summed E-state index contributed by atoms with van der Waals surface area (Å²) in [4.78, 5) is 4.40. The van der Waals surface area contributed by atoms with Gasteiger partial charge in [0.05, 0.1) is 14.2 Å². The molecule has 5 nitrogen and oxygen atoms in total. The van der Waals surface area contributed by atoms with E-state index in [-0.39, 0.29) is 24.0 Å². The van der Waals surface area contributed by atoms with Gasteiger partial charge >= 0.3 is 0 Å². The molecular formula is C16H26IN3O2. The zero-order valence-corrected chi connectivity index (χ0v) is 15.8. The number of benzene rings is 1. The Kier molecular flexibility index (Phi) is 7.78. The number of hydrogen-bond acceptors (Lipinski definition) is 3. The standard InChI is InChI=1S/C16H25N3O2.HI/c1-11(10-18-16(17)19-13-5-6-13)8-12-4-7-14(20-2)15(9-12)21-3;/h4,7,9,11,13H,5-6,8,10H2,1-3H3,(H3,17,18,19);1H. The maximum Gasteiger partial charge on any atom is 0.188 e. The van der Waals surface area contributed by atoms with E-state index in [1.807, 2.05) is 12.1 Å². The van der Waals surface area contributed by atoms with Crippen LogP contribution in [0.3, 0.4) is 0 Å². The minimum atomic E-state index is 0. The lowest BCUT2D eigenvalue weighted by Gasteiger charge is -2.13. The van der Waals surface area contributed by atoms with Crippen LogP contribution in [0.1, 0.15) is 25.3 Å². The number of ether oxygens (including phenoxy) is 2. The number of nitrogens with two attached hydrogens (primary N) is 1. The molecule has 3 N–H and O–H groups in total. The van der Waals surface area contributed by atoms with E-state index >= 15 is 0 Å². The molecule has 0 spiro atoms. The second-order valence-corrected chi connectivity index (χ2v) is 5.64. The highest BCUT2D eigenvalue weighted by Crippen LogP contribution is 2.28. The Morgan fingerprint density at radius 3 is 2.59 bits per heavy atom. The molecule has 1 aliphatic carbocycles. The third kappa shape index (κ3) is 5.90. The smallest absolute Gasteiger partial charge is 0.188 e. The first kappa shape index (κ1) is 18.9. The largest absolute Gasteiger partial charge is 0.493 e. The van der Waals surface area contributed by atoms with E-state index in [9.17, 15) is 0 Å². The van der Waals surface area contributed by atoms with Crippen LogP contribution in [0.25, 0.3) is 0 Å². The second-order valence-electron chi connectivity index (χ2n) is 5.64. The Bertz CT molecular complexity index is 504. The van der Waals surface area contributed by atoms with Crippen molar-refractivity contribution in [3.05, 3.63) is 23.8 Å². The van der Waals surface area contributed by atoms with Crippen molar-refractivity contribution in [3.8, 4) is 11.5 Å². The van der Waals surface area contributed by atoms with E-state index in [2.05, 4.69) is 23.3 Å². The van der Waals surface area contributed by atoms with Gasteiger partial charge in [-0.25, -0.2) is 0 Å². The molecule has 1 aliphatic rings. The highest BCUT2D eigenvalue weighted by molar-refractivity contribution is 14.0. The third-order valence-corrected chi connectivity index (χ3v) is 3.53. The summed E-state index contributed by atoms with van der Waals surface area (Å²) >= 11 is 0. The lowest BCUT2D eigenvalue weighted by atomic mass is 10.0. The van der Waals surface area contributed by atoms with Gasteiger partial charge in [-0.1, -0.05) is 13.0 Å². The molecule has 124 valence electrons. The Morgan fingerprint density at radius 2 is 2.00 bits per heavy atom. The SMILES string of the molecule is COc1ccc(CC(C)CN=C(N)NC2CC2)cc1OC.I. The fourth-order valence-electron chi connectivity index (χ4n) is 2.21. The Morgan fingerprint density at radius 1 is 1.32 bits per heavy atom. The predicted molar refractivity (Wildman–Crippen MR) is 100 cm³/mol. The molecule has 0 heterocycles. The molecule has 1 aromatic carbocycles. The molecule has 0 saturated heterocycles. The topological polar surface area (TPSA) is 68.9 Å². The quantitative estimate of drug-likeness (QED) is 0.405. The Balaban J connectivity index is 0.00000242. The summed E-state index contributed by atoms with van der Waals surface area (Å²) in [7, 11) is 3.30. The Hall–Kier alpha value is -1.18. The van der Waals surface area contributed by atoms with Gasteiger partial charge in [0.1, 0.15) is 0 Å². The van der Waals surface area contributed by atoms with Crippen LogP contribution in [0.5, 0.6) is 11.5 Å². The summed E-state index contributed by atoms with van der Waals surface area (Å²) in [6.45, 7) is 2.89. The van der Waals surface area contributed by atoms with Crippen molar-refractivity contribution < 1.29 is 9.47 Å². The lowest BCUT2D eigenvalue weighted by molar-refractivity contribution is 0.354. The molecule has 0 amide bonds. The molecule has 22 heavy (non-hydrogen) atoms. The molecule has 0 aromatic heterocycles. The summed E-state index contributed by atoms with van der Waals surface area (Å²) in [6.07, 6.45) is 3.34.